The molecule has 0 radical (unpaired) electrons. The molecule has 1 saturated heterocycles. The number of hydrogen-bond donors (Lipinski definition) is 0. The van der Waals surface area contributed by atoms with Crippen LogP contribution < -0.4 is 0 Å². The van der Waals surface area contributed by atoms with Gasteiger partial charge >= 0.3 is 0 Å². The SMILES string of the molecule is Cc1ccc(/C=C/C(=O)N2CCN(CCCl)CC2)cc1. The van der Waals surface area contributed by atoms with Gasteiger partial charge in [0.1, 0.15) is 0 Å². The third-order valence-electron chi connectivity index (χ3n) is 3.58. The van der Waals surface area contributed by atoms with E-state index in [9.17, 15) is 4.79 Å². The fraction of sp³-hybridized carbons (Fsp3) is 0.438. The Labute approximate surface area is 125 Å². The maximum absolute atomic E-state index is 12.1. The number of nitrogens with zero attached hydrogens (tertiary/aromatic N) is 2. The molecule has 2 rings (SSSR count). The Morgan fingerprint density at radius 2 is 1.85 bits per heavy atom. The molecule has 1 amide bonds. The molecular formula is C16H21ClN2O. The molecule has 108 valence electrons. The predicted octanol–water partition coefficient (Wildman–Crippen LogP) is 2.39. The Kier molecular flexibility index (Phi) is 5.62. The lowest BCUT2D eigenvalue weighted by Gasteiger charge is -2.33. The minimum absolute atomic E-state index is 0.0936. The predicted molar refractivity (Wildman–Crippen MR) is 84.0 cm³/mol. The summed E-state index contributed by atoms with van der Waals surface area (Å²) in [5.41, 5.74) is 2.29. The average Bonchev–Trinajstić information content (AvgIpc) is 2.47. The van der Waals surface area contributed by atoms with Crippen molar-refractivity contribution >= 4 is 23.6 Å². The number of hydrogen-bond acceptors (Lipinski definition) is 2. The Morgan fingerprint density at radius 3 is 2.45 bits per heavy atom. The maximum atomic E-state index is 12.1. The zero-order valence-corrected chi connectivity index (χ0v) is 12.6. The van der Waals surface area contributed by atoms with Gasteiger partial charge in [0.2, 0.25) is 5.91 Å². The Balaban J connectivity index is 1.85. The van der Waals surface area contributed by atoms with Crippen molar-refractivity contribution in [2.75, 3.05) is 38.6 Å². The van der Waals surface area contributed by atoms with Crippen molar-refractivity contribution in [2.45, 2.75) is 6.92 Å². The van der Waals surface area contributed by atoms with Gasteiger partial charge in [-0.3, -0.25) is 9.69 Å². The quantitative estimate of drug-likeness (QED) is 0.628. The summed E-state index contributed by atoms with van der Waals surface area (Å²) in [6.07, 6.45) is 3.55. The van der Waals surface area contributed by atoms with Crippen molar-refractivity contribution < 1.29 is 4.79 Å². The maximum Gasteiger partial charge on any atom is 0.246 e. The van der Waals surface area contributed by atoms with Crippen LogP contribution >= 0.6 is 11.6 Å². The van der Waals surface area contributed by atoms with Crippen LogP contribution in [0.2, 0.25) is 0 Å². The van der Waals surface area contributed by atoms with Gasteiger partial charge in [-0.15, -0.1) is 11.6 Å². The Hall–Kier alpha value is -1.32. The number of carbonyl (C=O) groups is 1. The van der Waals surface area contributed by atoms with Gasteiger partial charge in [-0.1, -0.05) is 29.8 Å². The topological polar surface area (TPSA) is 23.6 Å². The third kappa shape index (κ3) is 4.36. The molecule has 1 heterocycles. The van der Waals surface area contributed by atoms with E-state index in [0.29, 0.717) is 5.88 Å². The number of alkyl halides is 1. The number of aryl methyl sites for hydroxylation is 1. The first kappa shape index (κ1) is 15.1. The number of piperazine rings is 1. The molecule has 0 atom stereocenters. The van der Waals surface area contributed by atoms with Crippen LogP contribution in [-0.4, -0.2) is 54.3 Å². The lowest BCUT2D eigenvalue weighted by Crippen LogP contribution is -2.48. The zero-order valence-electron chi connectivity index (χ0n) is 11.9. The van der Waals surface area contributed by atoms with E-state index in [1.165, 1.54) is 5.56 Å². The highest BCUT2D eigenvalue weighted by atomic mass is 35.5. The summed E-state index contributed by atoms with van der Waals surface area (Å²) in [6.45, 7) is 6.36. The fourth-order valence-electron chi connectivity index (χ4n) is 2.26. The molecule has 1 aliphatic rings. The van der Waals surface area contributed by atoms with Crippen molar-refractivity contribution in [2.24, 2.45) is 0 Å². The van der Waals surface area contributed by atoms with Gasteiger partial charge < -0.3 is 4.90 Å². The summed E-state index contributed by atoms with van der Waals surface area (Å²) < 4.78 is 0. The molecule has 0 N–H and O–H groups in total. The first-order valence-electron chi connectivity index (χ1n) is 7.01. The monoisotopic (exact) mass is 292 g/mol. The van der Waals surface area contributed by atoms with Crippen LogP contribution in [0.25, 0.3) is 6.08 Å². The summed E-state index contributed by atoms with van der Waals surface area (Å²) in [5.74, 6) is 0.748. The van der Waals surface area contributed by atoms with Crippen LogP contribution in [0.15, 0.2) is 30.3 Å². The van der Waals surface area contributed by atoms with Crippen molar-refractivity contribution in [3.63, 3.8) is 0 Å². The van der Waals surface area contributed by atoms with E-state index in [1.54, 1.807) is 6.08 Å². The highest BCUT2D eigenvalue weighted by molar-refractivity contribution is 6.18. The highest BCUT2D eigenvalue weighted by Gasteiger charge is 2.18. The smallest absolute Gasteiger partial charge is 0.246 e. The van der Waals surface area contributed by atoms with E-state index in [-0.39, 0.29) is 5.91 Å². The van der Waals surface area contributed by atoms with Crippen LogP contribution in [-0.2, 0) is 4.79 Å². The highest BCUT2D eigenvalue weighted by Crippen LogP contribution is 2.07. The summed E-state index contributed by atoms with van der Waals surface area (Å²) in [7, 11) is 0. The molecular weight excluding hydrogens is 272 g/mol. The fourth-order valence-corrected chi connectivity index (χ4v) is 2.50. The molecule has 3 nitrogen and oxygen atoms in total. The molecule has 1 aromatic rings. The molecule has 0 bridgehead atoms. The third-order valence-corrected chi connectivity index (χ3v) is 3.75. The number of halogens is 1. The number of amides is 1. The summed E-state index contributed by atoms with van der Waals surface area (Å²) in [6, 6.07) is 8.15. The molecule has 0 unspecified atom stereocenters. The number of benzene rings is 1. The van der Waals surface area contributed by atoms with E-state index in [0.717, 1.165) is 38.3 Å². The van der Waals surface area contributed by atoms with Crippen LogP contribution in [0.5, 0.6) is 0 Å². The minimum atomic E-state index is 0.0936. The molecule has 1 fully saturated rings. The Morgan fingerprint density at radius 1 is 1.20 bits per heavy atom. The van der Waals surface area contributed by atoms with Gasteiger partial charge in [-0.05, 0) is 18.6 Å². The van der Waals surface area contributed by atoms with Crippen LogP contribution in [0.4, 0.5) is 0 Å². The molecule has 0 spiro atoms. The van der Waals surface area contributed by atoms with Crippen LogP contribution in [0, 0.1) is 6.92 Å². The second kappa shape index (κ2) is 7.46. The van der Waals surface area contributed by atoms with Crippen LogP contribution in [0.1, 0.15) is 11.1 Å². The van der Waals surface area contributed by atoms with E-state index < -0.39 is 0 Å². The zero-order chi connectivity index (χ0) is 14.4. The van der Waals surface area contributed by atoms with Crippen molar-refractivity contribution in [3.8, 4) is 0 Å². The number of rotatable bonds is 4. The van der Waals surface area contributed by atoms with Gasteiger partial charge in [0, 0.05) is 44.7 Å². The normalized spacial score (nSPS) is 16.8. The minimum Gasteiger partial charge on any atom is -0.337 e. The van der Waals surface area contributed by atoms with E-state index in [1.807, 2.05) is 23.1 Å². The van der Waals surface area contributed by atoms with Crippen molar-refractivity contribution in [3.05, 3.63) is 41.5 Å². The van der Waals surface area contributed by atoms with Gasteiger partial charge in [0.25, 0.3) is 0 Å². The van der Waals surface area contributed by atoms with E-state index >= 15 is 0 Å². The Bertz CT molecular complexity index is 462. The molecule has 1 aliphatic heterocycles. The van der Waals surface area contributed by atoms with Gasteiger partial charge in [-0.2, -0.15) is 0 Å². The van der Waals surface area contributed by atoms with Crippen LogP contribution in [0.3, 0.4) is 0 Å². The van der Waals surface area contributed by atoms with Gasteiger partial charge in [-0.25, -0.2) is 0 Å². The summed E-state index contributed by atoms with van der Waals surface area (Å²) >= 11 is 5.73. The summed E-state index contributed by atoms with van der Waals surface area (Å²) in [4.78, 5) is 16.3. The lowest BCUT2D eigenvalue weighted by molar-refractivity contribution is -0.127. The summed E-state index contributed by atoms with van der Waals surface area (Å²) in [5, 5.41) is 0. The van der Waals surface area contributed by atoms with E-state index in [4.69, 9.17) is 11.6 Å². The average molecular weight is 293 g/mol. The van der Waals surface area contributed by atoms with E-state index in [2.05, 4.69) is 24.0 Å². The second-order valence-electron chi connectivity index (χ2n) is 5.10. The van der Waals surface area contributed by atoms with Gasteiger partial charge in [0.15, 0.2) is 0 Å². The standard InChI is InChI=1S/C16H21ClN2O/c1-14-2-4-15(5-3-14)6-7-16(20)19-12-10-18(9-8-17)11-13-19/h2-7H,8-13H2,1H3/b7-6+. The molecule has 1 aromatic carbocycles. The number of carbonyl (C=O) groups excluding carboxylic acids is 1. The second-order valence-corrected chi connectivity index (χ2v) is 5.48. The lowest BCUT2D eigenvalue weighted by atomic mass is 10.1. The molecule has 0 saturated carbocycles. The first-order chi connectivity index (χ1) is 9.69. The first-order valence-corrected chi connectivity index (χ1v) is 7.54. The molecule has 4 heteroatoms. The van der Waals surface area contributed by atoms with Gasteiger partial charge in [0.05, 0.1) is 0 Å². The molecule has 0 aromatic heterocycles. The molecule has 20 heavy (non-hydrogen) atoms. The largest absolute Gasteiger partial charge is 0.337 e. The van der Waals surface area contributed by atoms with Crippen molar-refractivity contribution in [1.82, 2.24) is 9.80 Å². The molecule has 0 aliphatic carbocycles. The van der Waals surface area contributed by atoms with Crippen molar-refractivity contribution in [1.29, 1.82) is 0 Å².